The minimum atomic E-state index is -0.826. The van der Waals surface area contributed by atoms with Gasteiger partial charge in [0.2, 0.25) is 11.9 Å². The Labute approximate surface area is 151 Å². The van der Waals surface area contributed by atoms with Crippen LogP contribution in [0.15, 0.2) is 18.3 Å². The van der Waals surface area contributed by atoms with Crippen molar-refractivity contribution in [1.82, 2.24) is 9.97 Å². The zero-order chi connectivity index (χ0) is 19.4. The Morgan fingerprint density at radius 2 is 2.00 bits per heavy atom. The predicted octanol–water partition coefficient (Wildman–Crippen LogP) is 2.84. The highest BCUT2D eigenvalue weighted by Crippen LogP contribution is 2.24. The summed E-state index contributed by atoms with van der Waals surface area (Å²) in [7, 11) is 1.68. The molecule has 8 heteroatoms. The van der Waals surface area contributed by atoms with E-state index in [2.05, 4.69) is 15.3 Å². The van der Waals surface area contributed by atoms with E-state index in [4.69, 9.17) is 5.73 Å². The third kappa shape index (κ3) is 4.14. The zero-order valence-corrected chi connectivity index (χ0v) is 15.3. The molecule has 0 radical (unpaired) electrons. The molecule has 0 spiro atoms. The molecule has 1 heterocycles. The largest absolute Gasteiger partial charge is 0.366 e. The number of amides is 2. The van der Waals surface area contributed by atoms with Gasteiger partial charge in [-0.3, -0.25) is 9.59 Å². The van der Waals surface area contributed by atoms with E-state index in [0.717, 1.165) is 6.42 Å². The van der Waals surface area contributed by atoms with Crippen LogP contribution in [0.25, 0.3) is 0 Å². The second-order valence-electron chi connectivity index (χ2n) is 6.00. The number of aromatic nitrogens is 2. The number of rotatable bonds is 6. The fourth-order valence-corrected chi connectivity index (χ4v) is 2.49. The number of benzene rings is 1. The first-order valence-electron chi connectivity index (χ1n) is 8.21. The Balaban J connectivity index is 2.27. The smallest absolute Gasteiger partial charge is 0.251 e. The van der Waals surface area contributed by atoms with Gasteiger partial charge in [-0.1, -0.05) is 6.92 Å². The second-order valence-corrected chi connectivity index (χ2v) is 6.00. The van der Waals surface area contributed by atoms with Crippen LogP contribution < -0.4 is 16.0 Å². The predicted molar refractivity (Wildman–Crippen MR) is 98.0 cm³/mol. The molecule has 0 unspecified atom stereocenters. The molecular formula is C18H22FN5O2. The quantitative estimate of drug-likeness (QED) is 0.826. The number of hydrogen-bond donors (Lipinski definition) is 2. The average molecular weight is 359 g/mol. The van der Waals surface area contributed by atoms with Crippen LogP contribution in [0.5, 0.6) is 0 Å². The number of anilines is 3. The summed E-state index contributed by atoms with van der Waals surface area (Å²) in [5.74, 6) is -1.30. The summed E-state index contributed by atoms with van der Waals surface area (Å²) in [6, 6.07) is 2.55. The molecule has 2 rings (SSSR count). The van der Waals surface area contributed by atoms with Crippen molar-refractivity contribution in [1.29, 1.82) is 0 Å². The standard InChI is InChI=1S/C18H22FN5O2/c1-5-6-16(25)24(4)15-9-21-18(22-11(15)3)23-14-8-13(19)12(17(20)26)7-10(14)2/h7-9H,5-6H2,1-4H3,(H2,20,26)(H,21,22,23). The van der Waals surface area contributed by atoms with E-state index in [0.29, 0.717) is 29.1 Å². The number of carbonyl (C=O) groups is 2. The SMILES string of the molecule is CCCC(=O)N(C)c1cnc(Nc2cc(F)c(C(N)=O)cc2C)nc1C. The number of hydrogen-bond acceptors (Lipinski definition) is 5. The topological polar surface area (TPSA) is 101 Å². The van der Waals surface area contributed by atoms with Crippen LogP contribution in [0.1, 0.15) is 41.4 Å². The van der Waals surface area contributed by atoms with Crippen molar-refractivity contribution >= 4 is 29.1 Å². The summed E-state index contributed by atoms with van der Waals surface area (Å²) in [6.45, 7) is 5.42. The van der Waals surface area contributed by atoms with Crippen LogP contribution in [0.2, 0.25) is 0 Å². The molecule has 0 aliphatic rings. The monoisotopic (exact) mass is 359 g/mol. The lowest BCUT2D eigenvalue weighted by atomic mass is 10.1. The molecule has 0 aliphatic heterocycles. The average Bonchev–Trinajstić information content (AvgIpc) is 2.57. The lowest BCUT2D eigenvalue weighted by Gasteiger charge is -2.19. The highest BCUT2D eigenvalue weighted by atomic mass is 19.1. The van der Waals surface area contributed by atoms with Gasteiger partial charge in [0.25, 0.3) is 5.91 Å². The van der Waals surface area contributed by atoms with E-state index in [-0.39, 0.29) is 17.4 Å². The number of halogens is 1. The molecule has 0 bridgehead atoms. The Kier molecular flexibility index (Phi) is 5.86. The van der Waals surface area contributed by atoms with Gasteiger partial charge in [-0.05, 0) is 38.0 Å². The van der Waals surface area contributed by atoms with Crippen molar-refractivity contribution in [2.45, 2.75) is 33.6 Å². The maximum atomic E-state index is 14.0. The maximum absolute atomic E-state index is 14.0. The van der Waals surface area contributed by atoms with Crippen LogP contribution in [-0.2, 0) is 4.79 Å². The molecule has 0 saturated heterocycles. The Morgan fingerprint density at radius 3 is 2.58 bits per heavy atom. The molecule has 1 aromatic carbocycles. The number of nitrogens with two attached hydrogens (primary N) is 1. The van der Waals surface area contributed by atoms with Crippen LogP contribution in [0.4, 0.5) is 21.7 Å². The molecule has 26 heavy (non-hydrogen) atoms. The minimum Gasteiger partial charge on any atom is -0.366 e. The lowest BCUT2D eigenvalue weighted by Crippen LogP contribution is -2.27. The first-order valence-corrected chi connectivity index (χ1v) is 8.21. The van der Waals surface area contributed by atoms with Gasteiger partial charge in [-0.25, -0.2) is 14.4 Å². The summed E-state index contributed by atoms with van der Waals surface area (Å²) in [5, 5.41) is 2.92. The molecule has 3 N–H and O–H groups in total. The van der Waals surface area contributed by atoms with Gasteiger partial charge in [-0.2, -0.15) is 0 Å². The van der Waals surface area contributed by atoms with E-state index in [1.807, 2.05) is 6.92 Å². The normalized spacial score (nSPS) is 10.5. The van der Waals surface area contributed by atoms with Crippen molar-refractivity contribution in [3.63, 3.8) is 0 Å². The number of nitrogens with zero attached hydrogens (tertiary/aromatic N) is 3. The number of carbonyl (C=O) groups excluding carboxylic acids is 2. The molecule has 0 fully saturated rings. The van der Waals surface area contributed by atoms with Gasteiger partial charge < -0.3 is 16.0 Å². The van der Waals surface area contributed by atoms with Crippen molar-refractivity contribution < 1.29 is 14.0 Å². The fourth-order valence-electron chi connectivity index (χ4n) is 2.49. The fraction of sp³-hybridized carbons (Fsp3) is 0.333. The van der Waals surface area contributed by atoms with Crippen molar-refractivity contribution in [2.75, 3.05) is 17.3 Å². The summed E-state index contributed by atoms with van der Waals surface area (Å²) >= 11 is 0. The van der Waals surface area contributed by atoms with Gasteiger partial charge in [0.15, 0.2) is 0 Å². The molecule has 2 amide bonds. The molecular weight excluding hydrogens is 337 g/mol. The Hall–Kier alpha value is -3.03. The summed E-state index contributed by atoms with van der Waals surface area (Å²) in [4.78, 5) is 33.3. The van der Waals surface area contributed by atoms with E-state index in [1.165, 1.54) is 17.0 Å². The zero-order valence-electron chi connectivity index (χ0n) is 15.3. The van der Waals surface area contributed by atoms with E-state index in [1.54, 1.807) is 27.1 Å². The van der Waals surface area contributed by atoms with Gasteiger partial charge >= 0.3 is 0 Å². The van der Waals surface area contributed by atoms with Crippen LogP contribution >= 0.6 is 0 Å². The van der Waals surface area contributed by atoms with Gasteiger partial charge in [0, 0.05) is 19.2 Å². The van der Waals surface area contributed by atoms with Crippen LogP contribution in [-0.4, -0.2) is 28.8 Å². The summed E-state index contributed by atoms with van der Waals surface area (Å²) in [6.07, 6.45) is 2.75. The van der Waals surface area contributed by atoms with Gasteiger partial charge in [-0.15, -0.1) is 0 Å². The molecule has 0 atom stereocenters. The molecule has 138 valence electrons. The third-order valence-electron chi connectivity index (χ3n) is 3.98. The third-order valence-corrected chi connectivity index (χ3v) is 3.98. The van der Waals surface area contributed by atoms with Gasteiger partial charge in [0.05, 0.1) is 23.1 Å². The molecule has 0 saturated carbocycles. The van der Waals surface area contributed by atoms with Crippen LogP contribution in [0, 0.1) is 19.7 Å². The minimum absolute atomic E-state index is 0.0140. The van der Waals surface area contributed by atoms with Crippen LogP contribution in [0.3, 0.4) is 0 Å². The first kappa shape index (κ1) is 19.3. The highest BCUT2D eigenvalue weighted by Gasteiger charge is 2.16. The Morgan fingerprint density at radius 1 is 1.31 bits per heavy atom. The summed E-state index contributed by atoms with van der Waals surface area (Å²) in [5.41, 5.74) is 7.25. The lowest BCUT2D eigenvalue weighted by molar-refractivity contribution is -0.118. The number of primary amides is 1. The Bertz CT molecular complexity index is 854. The number of aryl methyl sites for hydroxylation is 2. The van der Waals surface area contributed by atoms with E-state index in [9.17, 15) is 14.0 Å². The van der Waals surface area contributed by atoms with Crippen molar-refractivity contribution in [2.24, 2.45) is 5.73 Å². The maximum Gasteiger partial charge on any atom is 0.251 e. The first-order chi connectivity index (χ1) is 12.2. The number of nitrogens with one attached hydrogen (secondary N) is 1. The highest BCUT2D eigenvalue weighted by molar-refractivity contribution is 5.94. The molecule has 0 aliphatic carbocycles. The van der Waals surface area contributed by atoms with E-state index < -0.39 is 11.7 Å². The van der Waals surface area contributed by atoms with Gasteiger partial charge in [0.1, 0.15) is 5.82 Å². The molecule has 2 aromatic rings. The van der Waals surface area contributed by atoms with Crippen molar-refractivity contribution in [3.8, 4) is 0 Å². The molecule has 1 aromatic heterocycles. The summed E-state index contributed by atoms with van der Waals surface area (Å²) < 4.78 is 14.0. The van der Waals surface area contributed by atoms with Crippen molar-refractivity contribution in [3.05, 3.63) is 41.0 Å². The second kappa shape index (κ2) is 7.90. The van der Waals surface area contributed by atoms with E-state index >= 15 is 0 Å². The molecule has 7 nitrogen and oxygen atoms in total.